The molecule has 1 fully saturated rings. The summed E-state index contributed by atoms with van der Waals surface area (Å²) in [6, 6.07) is 8.58. The van der Waals surface area contributed by atoms with Crippen molar-refractivity contribution in [1.29, 1.82) is 0 Å². The standard InChI is InChI=1S/C24H30N4O5/c1-4-33-18-12-10-17(11-13-18)28-21(29)20-14-19(22(30)32-3)26-27(20)15-24(28,2)23(31)25-16-8-6-5-7-9-16/h10-14,16H,4-9,15H2,1-3H3,(H,25,31)/t24-/m0/s1. The van der Waals surface area contributed by atoms with Gasteiger partial charge in [-0.15, -0.1) is 0 Å². The molecule has 1 N–H and O–H groups in total. The minimum absolute atomic E-state index is 0.0319. The quantitative estimate of drug-likeness (QED) is 0.674. The third-order valence-corrected chi connectivity index (χ3v) is 6.38. The SMILES string of the molecule is CCOc1ccc(N2C(=O)c3cc(C(=O)OC)nn3C[C@@]2(C)C(=O)NC2CCCCC2)cc1. The maximum absolute atomic E-state index is 13.7. The molecule has 0 radical (unpaired) electrons. The van der Waals surface area contributed by atoms with Crippen LogP contribution in [0.4, 0.5) is 5.69 Å². The number of methoxy groups -OCH3 is 1. The number of esters is 1. The fraction of sp³-hybridized carbons (Fsp3) is 0.500. The van der Waals surface area contributed by atoms with E-state index in [0.717, 1.165) is 25.7 Å². The van der Waals surface area contributed by atoms with E-state index in [1.807, 2.05) is 6.92 Å². The predicted octanol–water partition coefficient (Wildman–Crippen LogP) is 2.94. The summed E-state index contributed by atoms with van der Waals surface area (Å²) in [6.07, 6.45) is 5.19. The van der Waals surface area contributed by atoms with Crippen molar-refractivity contribution < 1.29 is 23.9 Å². The van der Waals surface area contributed by atoms with E-state index < -0.39 is 17.4 Å². The Balaban J connectivity index is 1.73. The molecule has 9 heteroatoms. The van der Waals surface area contributed by atoms with Crippen molar-refractivity contribution in [2.45, 2.75) is 64.1 Å². The number of hydrogen-bond acceptors (Lipinski definition) is 6. The van der Waals surface area contributed by atoms with E-state index in [-0.39, 0.29) is 29.9 Å². The minimum atomic E-state index is -1.24. The molecular formula is C24H30N4O5. The number of benzene rings is 1. The molecule has 1 aliphatic carbocycles. The van der Waals surface area contributed by atoms with Crippen LogP contribution in [0.5, 0.6) is 5.75 Å². The first-order valence-corrected chi connectivity index (χ1v) is 11.4. The molecule has 1 atom stereocenters. The van der Waals surface area contributed by atoms with Gasteiger partial charge < -0.3 is 14.8 Å². The Morgan fingerprint density at radius 1 is 1.18 bits per heavy atom. The zero-order valence-electron chi connectivity index (χ0n) is 19.3. The highest BCUT2D eigenvalue weighted by molar-refractivity contribution is 6.12. The Morgan fingerprint density at radius 3 is 2.52 bits per heavy atom. The predicted molar refractivity (Wildman–Crippen MR) is 121 cm³/mol. The van der Waals surface area contributed by atoms with Gasteiger partial charge >= 0.3 is 5.97 Å². The van der Waals surface area contributed by atoms with Crippen molar-refractivity contribution in [3.8, 4) is 5.75 Å². The largest absolute Gasteiger partial charge is 0.494 e. The van der Waals surface area contributed by atoms with Crippen molar-refractivity contribution >= 4 is 23.5 Å². The van der Waals surface area contributed by atoms with Gasteiger partial charge in [-0.3, -0.25) is 19.2 Å². The molecule has 9 nitrogen and oxygen atoms in total. The van der Waals surface area contributed by atoms with Gasteiger partial charge in [0.2, 0.25) is 5.91 Å². The van der Waals surface area contributed by atoms with Gasteiger partial charge in [-0.05, 0) is 51.0 Å². The normalized spacial score (nSPS) is 20.8. The molecule has 1 saturated carbocycles. The molecule has 2 aliphatic rings. The molecule has 33 heavy (non-hydrogen) atoms. The summed E-state index contributed by atoms with van der Waals surface area (Å²) in [5, 5.41) is 7.42. The number of amides is 2. The first-order chi connectivity index (χ1) is 15.9. The molecule has 1 aromatic heterocycles. The first-order valence-electron chi connectivity index (χ1n) is 11.4. The molecule has 0 bridgehead atoms. The molecule has 2 amide bonds. The number of hydrogen-bond donors (Lipinski definition) is 1. The summed E-state index contributed by atoms with van der Waals surface area (Å²) in [6.45, 7) is 4.27. The topological polar surface area (TPSA) is 103 Å². The number of ether oxygens (including phenoxy) is 2. The highest BCUT2D eigenvalue weighted by Gasteiger charge is 2.49. The Kier molecular flexibility index (Phi) is 6.40. The van der Waals surface area contributed by atoms with Crippen LogP contribution >= 0.6 is 0 Å². The van der Waals surface area contributed by atoms with E-state index in [4.69, 9.17) is 9.47 Å². The number of rotatable bonds is 6. The number of aromatic nitrogens is 2. The molecule has 2 aromatic rings. The van der Waals surface area contributed by atoms with Crippen LogP contribution in [0, 0.1) is 0 Å². The number of nitrogens with one attached hydrogen (secondary N) is 1. The average molecular weight is 455 g/mol. The highest BCUT2D eigenvalue weighted by Crippen LogP contribution is 2.34. The second-order valence-electron chi connectivity index (χ2n) is 8.71. The Bertz CT molecular complexity index is 1040. The van der Waals surface area contributed by atoms with E-state index in [1.165, 1.54) is 29.2 Å². The minimum Gasteiger partial charge on any atom is -0.494 e. The summed E-state index contributed by atoms with van der Waals surface area (Å²) < 4.78 is 11.7. The maximum atomic E-state index is 13.7. The van der Waals surface area contributed by atoms with Crippen LogP contribution in [0.25, 0.3) is 0 Å². The number of carbonyl (C=O) groups is 3. The van der Waals surface area contributed by atoms with Crippen LogP contribution in [-0.2, 0) is 16.1 Å². The zero-order chi connectivity index (χ0) is 23.6. The Labute approximate surface area is 193 Å². The van der Waals surface area contributed by atoms with E-state index in [1.54, 1.807) is 31.2 Å². The summed E-state index contributed by atoms with van der Waals surface area (Å²) in [7, 11) is 1.26. The average Bonchev–Trinajstić information content (AvgIpc) is 3.24. The Morgan fingerprint density at radius 2 is 1.88 bits per heavy atom. The first kappa shape index (κ1) is 22.8. The van der Waals surface area contributed by atoms with Crippen LogP contribution in [0.1, 0.15) is 66.9 Å². The Hall–Kier alpha value is -3.36. The summed E-state index contributed by atoms with van der Waals surface area (Å²) >= 11 is 0. The van der Waals surface area contributed by atoms with Gasteiger partial charge in [0.05, 0.1) is 20.3 Å². The molecule has 0 spiro atoms. The smallest absolute Gasteiger partial charge is 0.358 e. The van der Waals surface area contributed by atoms with Gasteiger partial charge in [0.25, 0.3) is 5.91 Å². The maximum Gasteiger partial charge on any atom is 0.358 e. The zero-order valence-corrected chi connectivity index (χ0v) is 19.3. The van der Waals surface area contributed by atoms with E-state index >= 15 is 0 Å². The molecule has 0 saturated heterocycles. The number of nitrogens with zero attached hydrogens (tertiary/aromatic N) is 3. The lowest BCUT2D eigenvalue weighted by atomic mass is 9.91. The molecule has 0 unspecified atom stereocenters. The summed E-state index contributed by atoms with van der Waals surface area (Å²) in [5.41, 5.74) is -0.415. The number of carbonyl (C=O) groups excluding carboxylic acids is 3. The summed E-state index contributed by atoms with van der Waals surface area (Å²) in [5.74, 6) is -0.602. The molecule has 2 heterocycles. The van der Waals surface area contributed by atoms with Crippen LogP contribution in [-0.4, -0.2) is 52.9 Å². The third-order valence-electron chi connectivity index (χ3n) is 6.38. The van der Waals surface area contributed by atoms with Crippen molar-refractivity contribution in [3.63, 3.8) is 0 Å². The van der Waals surface area contributed by atoms with Crippen molar-refractivity contribution in [1.82, 2.24) is 15.1 Å². The van der Waals surface area contributed by atoms with E-state index in [9.17, 15) is 14.4 Å². The van der Waals surface area contributed by atoms with Crippen molar-refractivity contribution in [2.24, 2.45) is 0 Å². The lowest BCUT2D eigenvalue weighted by Gasteiger charge is -2.44. The molecule has 1 aromatic carbocycles. The highest BCUT2D eigenvalue weighted by atomic mass is 16.5. The van der Waals surface area contributed by atoms with Gasteiger partial charge in [-0.25, -0.2) is 4.79 Å². The van der Waals surface area contributed by atoms with Gasteiger partial charge in [0, 0.05) is 17.8 Å². The monoisotopic (exact) mass is 454 g/mol. The van der Waals surface area contributed by atoms with Crippen LogP contribution in [0.15, 0.2) is 30.3 Å². The van der Waals surface area contributed by atoms with E-state index in [0.29, 0.717) is 18.0 Å². The fourth-order valence-corrected chi connectivity index (χ4v) is 4.64. The lowest BCUT2D eigenvalue weighted by Crippen LogP contribution is -2.65. The van der Waals surface area contributed by atoms with Gasteiger partial charge in [0.1, 0.15) is 17.0 Å². The second kappa shape index (κ2) is 9.25. The summed E-state index contributed by atoms with van der Waals surface area (Å²) in [4.78, 5) is 40.8. The third kappa shape index (κ3) is 4.31. The van der Waals surface area contributed by atoms with Gasteiger partial charge in [-0.2, -0.15) is 5.10 Å². The van der Waals surface area contributed by atoms with Crippen LogP contribution in [0.3, 0.4) is 0 Å². The van der Waals surface area contributed by atoms with Crippen molar-refractivity contribution in [2.75, 3.05) is 18.6 Å². The van der Waals surface area contributed by atoms with Gasteiger partial charge in [0.15, 0.2) is 5.69 Å². The second-order valence-corrected chi connectivity index (χ2v) is 8.71. The van der Waals surface area contributed by atoms with Gasteiger partial charge in [-0.1, -0.05) is 19.3 Å². The van der Waals surface area contributed by atoms with Crippen molar-refractivity contribution in [3.05, 3.63) is 41.7 Å². The molecular weight excluding hydrogens is 424 g/mol. The molecule has 1 aliphatic heterocycles. The molecule has 176 valence electrons. The number of anilines is 1. The van der Waals surface area contributed by atoms with Crippen LogP contribution in [0.2, 0.25) is 0 Å². The van der Waals surface area contributed by atoms with E-state index in [2.05, 4.69) is 10.4 Å². The number of fused-ring (bicyclic) bond motifs is 1. The van der Waals surface area contributed by atoms with Crippen LogP contribution < -0.4 is 15.0 Å². The molecule has 4 rings (SSSR count). The fourth-order valence-electron chi connectivity index (χ4n) is 4.64. The lowest BCUT2D eigenvalue weighted by molar-refractivity contribution is -0.127.